The van der Waals surface area contributed by atoms with E-state index >= 15 is 0 Å². The molecule has 3 nitrogen and oxygen atoms in total. The van der Waals surface area contributed by atoms with Crippen LogP contribution in [0.2, 0.25) is 5.15 Å². The van der Waals surface area contributed by atoms with E-state index in [2.05, 4.69) is 23.8 Å². The quantitative estimate of drug-likeness (QED) is 0.588. The molecule has 0 radical (unpaired) electrons. The number of aromatic nitrogens is 2. The van der Waals surface area contributed by atoms with Crippen molar-refractivity contribution in [2.75, 3.05) is 31.1 Å². The third kappa shape index (κ3) is 4.08. The van der Waals surface area contributed by atoms with Gasteiger partial charge in [-0.15, -0.1) is 0 Å². The maximum absolute atomic E-state index is 13.1. The van der Waals surface area contributed by atoms with Gasteiger partial charge in [0, 0.05) is 23.5 Å². The first kappa shape index (κ1) is 17.4. The molecule has 0 spiro atoms. The Kier molecular flexibility index (Phi) is 4.99. The lowest BCUT2D eigenvalue weighted by atomic mass is 10.2. The fraction of sp³-hybridized carbons (Fsp3) is 0.500. The van der Waals surface area contributed by atoms with E-state index in [1.807, 2.05) is 0 Å². The molecule has 0 aromatic carbocycles. The van der Waals surface area contributed by atoms with E-state index in [0.29, 0.717) is 12.1 Å². The molecule has 2 aromatic heterocycles. The highest BCUT2D eigenvalue weighted by molar-refractivity contribution is 8.32. The van der Waals surface area contributed by atoms with Gasteiger partial charge in [0.25, 0.3) is 0 Å². The van der Waals surface area contributed by atoms with E-state index in [-0.39, 0.29) is 17.3 Å². The Morgan fingerprint density at radius 3 is 2.59 bits per heavy atom. The Bertz CT molecular complexity index is 664. The largest absolute Gasteiger partial charge is 0.418 e. The van der Waals surface area contributed by atoms with Crippen LogP contribution in [0.25, 0.3) is 10.9 Å². The molecule has 0 amide bonds. The van der Waals surface area contributed by atoms with Gasteiger partial charge in [0.1, 0.15) is 11.9 Å². The molecule has 0 aliphatic carbocycles. The molecule has 0 fully saturated rings. The van der Waals surface area contributed by atoms with Gasteiger partial charge in [0.05, 0.1) is 17.7 Å². The third-order valence-electron chi connectivity index (χ3n) is 3.12. The highest BCUT2D eigenvalue weighted by Crippen LogP contribution is 2.38. The summed E-state index contributed by atoms with van der Waals surface area (Å²) in [5, 5.41) is -0.232. The summed E-state index contributed by atoms with van der Waals surface area (Å²) in [4.78, 5) is 3.74. The molecular formula is C14H18ClF3N2OS. The van der Waals surface area contributed by atoms with Crippen LogP contribution in [0.1, 0.15) is 5.56 Å². The molecule has 0 saturated heterocycles. The fourth-order valence-corrected chi connectivity index (χ4v) is 2.87. The molecule has 2 rings (SSSR count). The summed E-state index contributed by atoms with van der Waals surface area (Å²) in [7, 11) is -0.691. The smallest absolute Gasteiger partial charge is 0.360 e. The maximum atomic E-state index is 13.1. The maximum Gasteiger partial charge on any atom is 0.418 e. The number of rotatable bonds is 5. The second-order valence-electron chi connectivity index (χ2n) is 5.84. The van der Waals surface area contributed by atoms with Crippen molar-refractivity contribution in [3.05, 3.63) is 29.2 Å². The van der Waals surface area contributed by atoms with E-state index in [1.165, 1.54) is 16.8 Å². The van der Waals surface area contributed by atoms with Crippen LogP contribution in [-0.2, 0) is 17.6 Å². The minimum atomic E-state index is -4.48. The van der Waals surface area contributed by atoms with Crippen molar-refractivity contribution in [1.29, 1.82) is 0 Å². The number of hydrogen-bond donors (Lipinski definition) is 0. The predicted octanol–water partition coefficient (Wildman–Crippen LogP) is 4.38. The molecule has 0 unspecified atom stereocenters. The van der Waals surface area contributed by atoms with Crippen LogP contribution in [-0.4, -0.2) is 40.7 Å². The van der Waals surface area contributed by atoms with Crippen molar-refractivity contribution in [3.63, 3.8) is 0 Å². The van der Waals surface area contributed by atoms with Crippen molar-refractivity contribution in [2.45, 2.75) is 12.9 Å². The molecule has 0 aliphatic rings. The van der Waals surface area contributed by atoms with Crippen molar-refractivity contribution in [3.8, 4) is 0 Å². The number of hydrogen-bond acceptors (Lipinski definition) is 2. The Hall–Kier alpha value is -0.920. The molecule has 0 atom stereocenters. The molecule has 0 saturated carbocycles. The summed E-state index contributed by atoms with van der Waals surface area (Å²) in [6.07, 6.45) is 4.42. The van der Waals surface area contributed by atoms with Crippen LogP contribution in [0.3, 0.4) is 0 Å². The van der Waals surface area contributed by atoms with Gasteiger partial charge < -0.3 is 9.30 Å². The zero-order valence-electron chi connectivity index (χ0n) is 12.6. The van der Waals surface area contributed by atoms with Crippen LogP contribution in [0.15, 0.2) is 18.5 Å². The Labute approximate surface area is 133 Å². The lowest BCUT2D eigenvalue weighted by Crippen LogP contribution is -2.09. The van der Waals surface area contributed by atoms with Gasteiger partial charge in [-0.05, 0) is 24.8 Å². The second kappa shape index (κ2) is 6.29. The van der Waals surface area contributed by atoms with Crippen molar-refractivity contribution >= 4 is 32.5 Å². The van der Waals surface area contributed by atoms with Crippen molar-refractivity contribution in [2.24, 2.45) is 0 Å². The summed E-state index contributed by atoms with van der Waals surface area (Å²) in [5.41, 5.74) is -0.416. The van der Waals surface area contributed by atoms with E-state index in [1.54, 1.807) is 0 Å². The molecule has 2 aromatic rings. The minimum Gasteiger partial charge on any atom is -0.360 e. The zero-order valence-corrected chi connectivity index (χ0v) is 14.1. The molecule has 2 heterocycles. The normalized spacial score (nSPS) is 13.8. The number of pyridine rings is 1. The second-order valence-corrected chi connectivity index (χ2v) is 10.8. The van der Waals surface area contributed by atoms with Crippen molar-refractivity contribution in [1.82, 2.24) is 9.55 Å². The van der Waals surface area contributed by atoms with Gasteiger partial charge in [-0.3, -0.25) is 0 Å². The number of nitrogens with zero attached hydrogens (tertiary/aromatic N) is 2. The van der Waals surface area contributed by atoms with Gasteiger partial charge in [-0.25, -0.2) is 15.0 Å². The fourth-order valence-electron chi connectivity index (χ4n) is 2.00. The van der Waals surface area contributed by atoms with Gasteiger partial charge in [-0.2, -0.15) is 13.2 Å². The Morgan fingerprint density at radius 1 is 1.32 bits per heavy atom. The molecule has 22 heavy (non-hydrogen) atoms. The van der Waals surface area contributed by atoms with E-state index in [0.717, 1.165) is 11.9 Å². The van der Waals surface area contributed by atoms with Crippen molar-refractivity contribution < 1.29 is 17.9 Å². The monoisotopic (exact) mass is 354 g/mol. The summed E-state index contributed by atoms with van der Waals surface area (Å²) in [5.74, 6) is 0.903. The SMILES string of the molecule is CS(C)(C)CCOCn1cc(C(F)(F)F)c2c(Cl)nccc21. The third-order valence-corrected chi connectivity index (χ3v) is 4.80. The number of ether oxygens (including phenoxy) is 1. The first-order valence-corrected chi connectivity index (χ1v) is 9.94. The summed E-state index contributed by atoms with van der Waals surface area (Å²) < 4.78 is 46.3. The topological polar surface area (TPSA) is 27.1 Å². The number of halogens is 4. The highest BCUT2D eigenvalue weighted by Gasteiger charge is 2.35. The number of fused-ring (bicyclic) bond motifs is 1. The predicted molar refractivity (Wildman–Crippen MR) is 85.9 cm³/mol. The molecule has 124 valence electrons. The molecular weight excluding hydrogens is 337 g/mol. The van der Waals surface area contributed by atoms with Gasteiger partial charge in [0.2, 0.25) is 0 Å². The Balaban J connectivity index is 2.26. The standard InChI is InChI=1S/C14H18ClF3N2OS/c1-22(2,3)7-6-21-9-20-8-10(14(16,17)18)12-11(20)4-5-19-13(12)15/h4-5,8H,6-7,9H2,1-3H3. The van der Waals surface area contributed by atoms with Crippen LogP contribution in [0, 0.1) is 0 Å². The molecule has 0 bridgehead atoms. The molecule has 8 heteroatoms. The average Bonchev–Trinajstić information content (AvgIpc) is 2.74. The summed E-state index contributed by atoms with van der Waals surface area (Å²) in [6.45, 7) is 0.571. The van der Waals surface area contributed by atoms with Gasteiger partial charge in [0.15, 0.2) is 0 Å². The molecule has 0 aliphatic heterocycles. The Morgan fingerprint density at radius 2 is 2.00 bits per heavy atom. The van der Waals surface area contributed by atoms with Crippen LogP contribution < -0.4 is 0 Å². The zero-order chi connectivity index (χ0) is 16.5. The van der Waals surface area contributed by atoms with Gasteiger partial charge in [-0.1, -0.05) is 11.6 Å². The van der Waals surface area contributed by atoms with Crippen LogP contribution >= 0.6 is 21.6 Å². The summed E-state index contributed by atoms with van der Waals surface area (Å²) in [6, 6.07) is 1.51. The highest BCUT2D eigenvalue weighted by atomic mass is 35.5. The lowest BCUT2D eigenvalue weighted by Gasteiger charge is -2.24. The van der Waals surface area contributed by atoms with E-state index < -0.39 is 21.8 Å². The van der Waals surface area contributed by atoms with Gasteiger partial charge >= 0.3 is 6.18 Å². The lowest BCUT2D eigenvalue weighted by molar-refractivity contribution is -0.136. The van der Waals surface area contributed by atoms with E-state index in [4.69, 9.17) is 16.3 Å². The first-order chi connectivity index (χ1) is 10.1. The van der Waals surface area contributed by atoms with Crippen LogP contribution in [0.5, 0.6) is 0 Å². The first-order valence-electron chi connectivity index (χ1n) is 6.54. The molecule has 0 N–H and O–H groups in total. The van der Waals surface area contributed by atoms with E-state index in [9.17, 15) is 13.2 Å². The number of alkyl halides is 3. The average molecular weight is 355 g/mol. The minimum absolute atomic E-state index is 0.0580. The van der Waals surface area contributed by atoms with Crippen LogP contribution in [0.4, 0.5) is 13.2 Å². The summed E-state index contributed by atoms with van der Waals surface area (Å²) >= 11 is 5.84.